The minimum absolute atomic E-state index is 0.0159. The van der Waals surface area contributed by atoms with E-state index < -0.39 is 4.92 Å². The zero-order valence-electron chi connectivity index (χ0n) is 12.6. The summed E-state index contributed by atoms with van der Waals surface area (Å²) in [6.45, 7) is 4.82. The van der Waals surface area contributed by atoms with Crippen LogP contribution in [0.4, 0.5) is 5.69 Å². The SMILES string of the molecule is CCCN(Cc1ccsc1)C(=O)c1ccc(C)c([N+](=O)[O-])c1. The fraction of sp³-hybridized carbons (Fsp3) is 0.312. The third-order valence-corrected chi connectivity index (χ3v) is 4.12. The van der Waals surface area contributed by atoms with Crippen LogP contribution in [0.1, 0.15) is 34.8 Å². The summed E-state index contributed by atoms with van der Waals surface area (Å²) in [6, 6.07) is 6.63. The summed E-state index contributed by atoms with van der Waals surface area (Å²) in [5.74, 6) is -0.170. The number of amides is 1. The number of nitro benzene ring substituents is 1. The van der Waals surface area contributed by atoms with Gasteiger partial charge in [-0.2, -0.15) is 11.3 Å². The molecule has 0 saturated heterocycles. The molecule has 0 unspecified atom stereocenters. The first-order chi connectivity index (χ1) is 10.5. The van der Waals surface area contributed by atoms with Crippen molar-refractivity contribution in [1.29, 1.82) is 0 Å². The highest BCUT2D eigenvalue weighted by atomic mass is 32.1. The fourth-order valence-corrected chi connectivity index (χ4v) is 2.91. The molecular weight excluding hydrogens is 300 g/mol. The van der Waals surface area contributed by atoms with Crippen LogP contribution < -0.4 is 0 Å². The molecule has 0 fully saturated rings. The maximum absolute atomic E-state index is 12.7. The number of benzene rings is 1. The monoisotopic (exact) mass is 318 g/mol. The van der Waals surface area contributed by atoms with Gasteiger partial charge in [0.05, 0.1) is 4.92 Å². The van der Waals surface area contributed by atoms with Gasteiger partial charge in [0.25, 0.3) is 11.6 Å². The summed E-state index contributed by atoms with van der Waals surface area (Å²) in [6.07, 6.45) is 0.837. The van der Waals surface area contributed by atoms with Crippen molar-refractivity contribution in [3.63, 3.8) is 0 Å². The van der Waals surface area contributed by atoms with Crippen LogP contribution in [0, 0.1) is 17.0 Å². The molecular formula is C16H18N2O3S. The number of hydrogen-bond acceptors (Lipinski definition) is 4. The van der Waals surface area contributed by atoms with E-state index in [-0.39, 0.29) is 11.6 Å². The number of aryl methyl sites for hydroxylation is 1. The molecule has 6 heteroatoms. The Balaban J connectivity index is 2.26. The molecule has 0 saturated carbocycles. The Morgan fingerprint density at radius 1 is 1.36 bits per heavy atom. The van der Waals surface area contributed by atoms with Crippen molar-refractivity contribution >= 4 is 22.9 Å². The first-order valence-electron chi connectivity index (χ1n) is 7.08. The van der Waals surface area contributed by atoms with Gasteiger partial charge in [0.1, 0.15) is 0 Å². The van der Waals surface area contributed by atoms with Crippen LogP contribution in [-0.2, 0) is 6.54 Å². The molecule has 0 radical (unpaired) electrons. The molecule has 0 aliphatic carbocycles. The average Bonchev–Trinajstić information content (AvgIpc) is 2.99. The van der Waals surface area contributed by atoms with E-state index in [1.54, 1.807) is 35.3 Å². The van der Waals surface area contributed by atoms with E-state index in [1.165, 1.54) is 6.07 Å². The molecule has 0 N–H and O–H groups in total. The minimum atomic E-state index is -0.449. The van der Waals surface area contributed by atoms with Crippen molar-refractivity contribution in [3.05, 3.63) is 61.8 Å². The predicted octanol–water partition coefficient (Wildman–Crippen LogP) is 4.02. The summed E-state index contributed by atoms with van der Waals surface area (Å²) in [5, 5.41) is 15.0. The van der Waals surface area contributed by atoms with Crippen molar-refractivity contribution in [2.75, 3.05) is 6.54 Å². The van der Waals surface area contributed by atoms with Crippen LogP contribution in [0.15, 0.2) is 35.0 Å². The first kappa shape index (κ1) is 16.2. The number of rotatable bonds is 6. The van der Waals surface area contributed by atoms with Gasteiger partial charge in [-0.25, -0.2) is 0 Å². The van der Waals surface area contributed by atoms with Gasteiger partial charge in [-0.05, 0) is 41.8 Å². The summed E-state index contributed by atoms with van der Waals surface area (Å²) >= 11 is 1.59. The zero-order chi connectivity index (χ0) is 16.1. The number of nitrogens with zero attached hydrogens (tertiary/aromatic N) is 2. The van der Waals surface area contributed by atoms with E-state index in [9.17, 15) is 14.9 Å². The standard InChI is InChI=1S/C16H18N2O3S/c1-3-7-17(10-13-6-8-22-11-13)16(19)14-5-4-12(2)15(9-14)18(20)21/h4-6,8-9,11H,3,7,10H2,1-2H3. The lowest BCUT2D eigenvalue weighted by atomic mass is 10.1. The van der Waals surface area contributed by atoms with E-state index in [0.29, 0.717) is 24.2 Å². The first-order valence-corrected chi connectivity index (χ1v) is 8.02. The van der Waals surface area contributed by atoms with Crippen LogP contribution in [0.5, 0.6) is 0 Å². The van der Waals surface area contributed by atoms with Gasteiger partial charge >= 0.3 is 0 Å². The summed E-state index contributed by atoms with van der Waals surface area (Å²) in [4.78, 5) is 25.0. The Labute approximate surface area is 133 Å². The highest BCUT2D eigenvalue weighted by molar-refractivity contribution is 7.07. The molecule has 1 aromatic carbocycles. The van der Waals surface area contributed by atoms with Crippen LogP contribution in [0.25, 0.3) is 0 Å². The Bertz CT molecular complexity index is 668. The van der Waals surface area contributed by atoms with E-state index in [2.05, 4.69) is 0 Å². The molecule has 116 valence electrons. The maximum Gasteiger partial charge on any atom is 0.273 e. The molecule has 1 amide bonds. The van der Waals surface area contributed by atoms with Gasteiger partial charge in [-0.15, -0.1) is 0 Å². The van der Waals surface area contributed by atoms with Gasteiger partial charge in [-0.3, -0.25) is 14.9 Å². The minimum Gasteiger partial charge on any atom is -0.334 e. The highest BCUT2D eigenvalue weighted by Gasteiger charge is 2.19. The van der Waals surface area contributed by atoms with Crippen molar-refractivity contribution in [2.24, 2.45) is 0 Å². The Morgan fingerprint density at radius 3 is 2.73 bits per heavy atom. The molecule has 0 aliphatic heterocycles. The molecule has 2 rings (SSSR count). The van der Waals surface area contributed by atoms with Crippen molar-refractivity contribution in [3.8, 4) is 0 Å². The van der Waals surface area contributed by atoms with Crippen molar-refractivity contribution in [1.82, 2.24) is 4.90 Å². The van der Waals surface area contributed by atoms with E-state index >= 15 is 0 Å². The van der Waals surface area contributed by atoms with E-state index in [4.69, 9.17) is 0 Å². The fourth-order valence-electron chi connectivity index (χ4n) is 2.25. The molecule has 5 nitrogen and oxygen atoms in total. The van der Waals surface area contributed by atoms with Crippen LogP contribution in [-0.4, -0.2) is 22.3 Å². The van der Waals surface area contributed by atoms with E-state index in [1.807, 2.05) is 23.8 Å². The second kappa shape index (κ2) is 7.17. The lowest BCUT2D eigenvalue weighted by molar-refractivity contribution is -0.385. The normalized spacial score (nSPS) is 10.5. The maximum atomic E-state index is 12.7. The Morgan fingerprint density at radius 2 is 2.14 bits per heavy atom. The molecule has 22 heavy (non-hydrogen) atoms. The Kier molecular flexibility index (Phi) is 5.27. The number of nitro groups is 1. The zero-order valence-corrected chi connectivity index (χ0v) is 13.4. The lowest BCUT2D eigenvalue weighted by Gasteiger charge is -2.21. The van der Waals surface area contributed by atoms with Gasteiger partial charge in [-0.1, -0.05) is 13.0 Å². The third-order valence-electron chi connectivity index (χ3n) is 3.39. The largest absolute Gasteiger partial charge is 0.334 e. The summed E-state index contributed by atoms with van der Waals surface area (Å²) in [7, 11) is 0. The van der Waals surface area contributed by atoms with Gasteiger partial charge in [0, 0.05) is 30.3 Å². The quantitative estimate of drug-likeness (QED) is 0.597. The topological polar surface area (TPSA) is 63.5 Å². The van der Waals surface area contributed by atoms with Crippen LogP contribution in [0.3, 0.4) is 0 Å². The van der Waals surface area contributed by atoms with Crippen molar-refractivity contribution < 1.29 is 9.72 Å². The van der Waals surface area contributed by atoms with Gasteiger partial charge in [0.2, 0.25) is 0 Å². The van der Waals surface area contributed by atoms with Crippen molar-refractivity contribution in [2.45, 2.75) is 26.8 Å². The number of hydrogen-bond donors (Lipinski definition) is 0. The number of thiophene rings is 1. The smallest absolute Gasteiger partial charge is 0.273 e. The molecule has 0 bridgehead atoms. The Hall–Kier alpha value is -2.21. The average molecular weight is 318 g/mol. The second-order valence-electron chi connectivity index (χ2n) is 5.12. The van der Waals surface area contributed by atoms with Gasteiger partial charge in [0.15, 0.2) is 0 Å². The predicted molar refractivity (Wildman–Crippen MR) is 87.2 cm³/mol. The molecule has 0 spiro atoms. The van der Waals surface area contributed by atoms with Crippen LogP contribution in [0.2, 0.25) is 0 Å². The lowest BCUT2D eigenvalue weighted by Crippen LogP contribution is -2.31. The summed E-state index contributed by atoms with van der Waals surface area (Å²) in [5.41, 5.74) is 1.98. The summed E-state index contributed by atoms with van der Waals surface area (Å²) < 4.78 is 0. The van der Waals surface area contributed by atoms with Gasteiger partial charge < -0.3 is 4.90 Å². The molecule has 0 atom stereocenters. The molecule has 0 aliphatic rings. The van der Waals surface area contributed by atoms with Crippen LogP contribution >= 0.6 is 11.3 Å². The molecule has 2 aromatic rings. The molecule has 1 aromatic heterocycles. The highest BCUT2D eigenvalue weighted by Crippen LogP contribution is 2.21. The number of carbonyl (C=O) groups excluding carboxylic acids is 1. The second-order valence-corrected chi connectivity index (χ2v) is 5.90. The number of carbonyl (C=O) groups is 1. The third kappa shape index (κ3) is 3.71. The van der Waals surface area contributed by atoms with E-state index in [0.717, 1.165) is 12.0 Å². The molecule has 1 heterocycles.